The van der Waals surface area contributed by atoms with Crippen LogP contribution in [-0.4, -0.2) is 50.4 Å². The van der Waals surface area contributed by atoms with Crippen molar-refractivity contribution in [3.05, 3.63) is 74.9 Å². The molecule has 0 saturated heterocycles. The number of pyridine rings is 1. The van der Waals surface area contributed by atoms with Gasteiger partial charge in [-0.1, -0.05) is 59.2 Å². The van der Waals surface area contributed by atoms with E-state index < -0.39 is 0 Å². The number of nitrogens with zero attached hydrogens (tertiary/aromatic N) is 5. The molecule has 5 rings (SSSR count). The number of urea groups is 1. The van der Waals surface area contributed by atoms with Gasteiger partial charge in [-0.25, -0.2) is 14.5 Å². The van der Waals surface area contributed by atoms with E-state index in [0.29, 0.717) is 46.2 Å². The van der Waals surface area contributed by atoms with E-state index in [-0.39, 0.29) is 22.1 Å². The van der Waals surface area contributed by atoms with E-state index in [1.54, 1.807) is 48.5 Å². The van der Waals surface area contributed by atoms with Gasteiger partial charge in [-0.05, 0) is 55.3 Å². The van der Waals surface area contributed by atoms with Crippen LogP contribution in [0.5, 0.6) is 5.75 Å². The van der Waals surface area contributed by atoms with E-state index in [1.807, 2.05) is 23.1 Å². The van der Waals surface area contributed by atoms with Crippen LogP contribution < -0.4 is 10.1 Å². The lowest BCUT2D eigenvalue weighted by atomic mass is 10.2. The smallest absolute Gasteiger partial charge is 0.322 e. The van der Waals surface area contributed by atoms with Gasteiger partial charge < -0.3 is 15.0 Å². The average molecular weight is 620 g/mol. The van der Waals surface area contributed by atoms with Crippen molar-refractivity contribution < 1.29 is 9.53 Å². The number of methoxy groups -OCH3 is 1. The van der Waals surface area contributed by atoms with Crippen LogP contribution in [0.3, 0.4) is 0 Å². The van der Waals surface area contributed by atoms with Crippen molar-refractivity contribution in [3.63, 3.8) is 0 Å². The van der Waals surface area contributed by atoms with Crippen LogP contribution in [-0.2, 0) is 6.54 Å². The van der Waals surface area contributed by atoms with Crippen LogP contribution in [0.25, 0.3) is 22.8 Å². The number of hydrogen-bond acceptors (Lipinski definition) is 5. The van der Waals surface area contributed by atoms with Crippen molar-refractivity contribution in [2.75, 3.05) is 19.0 Å². The fraction of sp³-hybridized carbons (Fsp3) is 0.286. The Morgan fingerprint density at radius 2 is 1.70 bits per heavy atom. The summed E-state index contributed by atoms with van der Waals surface area (Å²) in [5, 5.41) is 9.09. The number of rotatable bonds is 8. The van der Waals surface area contributed by atoms with Crippen molar-refractivity contribution in [1.82, 2.24) is 24.6 Å². The van der Waals surface area contributed by atoms with Crippen LogP contribution in [0.15, 0.2) is 54.9 Å². The second-order valence-corrected chi connectivity index (χ2v) is 11.0. The van der Waals surface area contributed by atoms with Gasteiger partial charge in [0.2, 0.25) is 0 Å². The van der Waals surface area contributed by atoms with Crippen LogP contribution in [0.4, 0.5) is 10.5 Å². The Hall–Kier alpha value is -3.04. The van der Waals surface area contributed by atoms with Crippen molar-refractivity contribution in [2.45, 2.75) is 38.3 Å². The van der Waals surface area contributed by atoms with Crippen molar-refractivity contribution in [3.8, 4) is 28.5 Å². The largest absolute Gasteiger partial charge is 0.495 e. The Morgan fingerprint density at radius 3 is 2.35 bits per heavy atom. The molecule has 1 aliphatic rings. The quantitative estimate of drug-likeness (QED) is 0.215. The number of hydrogen-bond donors (Lipinski definition) is 1. The molecule has 0 spiro atoms. The number of anilines is 1. The number of aromatic nitrogens is 4. The molecule has 0 aliphatic heterocycles. The van der Waals surface area contributed by atoms with E-state index in [4.69, 9.17) is 61.2 Å². The van der Waals surface area contributed by atoms with Gasteiger partial charge in [-0.15, -0.1) is 0 Å². The molecule has 1 aliphatic carbocycles. The Bertz CT molecular complexity index is 1490. The van der Waals surface area contributed by atoms with Gasteiger partial charge in [0.05, 0.1) is 34.4 Å². The molecule has 0 atom stereocenters. The molecule has 0 bridgehead atoms. The Morgan fingerprint density at radius 1 is 1.00 bits per heavy atom. The second-order valence-electron chi connectivity index (χ2n) is 9.37. The van der Waals surface area contributed by atoms with E-state index in [1.165, 1.54) is 0 Å². The highest BCUT2D eigenvalue weighted by Crippen LogP contribution is 2.35. The lowest BCUT2D eigenvalue weighted by Gasteiger charge is -2.29. The highest BCUT2D eigenvalue weighted by Gasteiger charge is 2.28. The van der Waals surface area contributed by atoms with Crippen LogP contribution in [0.1, 0.15) is 25.7 Å². The number of amides is 2. The number of carbonyl (C=O) groups excluding carboxylic acids is 1. The van der Waals surface area contributed by atoms with E-state index in [9.17, 15) is 4.79 Å². The minimum absolute atomic E-state index is 0.0759. The summed E-state index contributed by atoms with van der Waals surface area (Å²) in [4.78, 5) is 24.3. The first-order valence-electron chi connectivity index (χ1n) is 12.8. The molecular formula is C28H26Cl4N6O2. The van der Waals surface area contributed by atoms with Crippen LogP contribution in [0, 0.1) is 0 Å². The minimum atomic E-state index is -0.290. The Kier molecular flexibility index (Phi) is 9.00. The van der Waals surface area contributed by atoms with Gasteiger partial charge in [0.15, 0.2) is 11.6 Å². The maximum Gasteiger partial charge on any atom is 0.322 e. The standard InChI is InChI=1S/C28H26Cl4N6O2/c1-40-24-7-6-18(14-21(24)30)27-35-26(17-8-10-33-11-9-17)36-38(27)13-12-37(20-4-2-3-5-20)28(39)34-25-22(31)15-19(29)16-23(25)32/h6-11,14-16,20H,2-5,12-13H2,1H3,(H,34,39). The molecule has 0 radical (unpaired) electrons. The van der Waals surface area contributed by atoms with Crippen molar-refractivity contribution in [2.24, 2.45) is 0 Å². The summed E-state index contributed by atoms with van der Waals surface area (Å²) in [6.45, 7) is 0.776. The molecule has 40 heavy (non-hydrogen) atoms. The zero-order valence-electron chi connectivity index (χ0n) is 21.6. The molecule has 8 nitrogen and oxygen atoms in total. The fourth-order valence-electron chi connectivity index (χ4n) is 4.85. The molecule has 0 unspecified atom stereocenters. The summed E-state index contributed by atoms with van der Waals surface area (Å²) >= 11 is 25.2. The molecule has 1 N–H and O–H groups in total. The first kappa shape index (κ1) is 28.5. The van der Waals surface area contributed by atoms with Crippen molar-refractivity contribution in [1.29, 1.82) is 0 Å². The second kappa shape index (κ2) is 12.6. The van der Waals surface area contributed by atoms with Gasteiger partial charge in [0.25, 0.3) is 0 Å². The molecule has 2 heterocycles. The number of benzene rings is 2. The predicted molar refractivity (Wildman–Crippen MR) is 160 cm³/mol. The number of nitrogens with one attached hydrogen (secondary N) is 1. The molecular weight excluding hydrogens is 594 g/mol. The number of carbonyl (C=O) groups is 1. The maximum absolute atomic E-state index is 13.6. The van der Waals surface area contributed by atoms with Gasteiger partial charge in [-0.2, -0.15) is 5.10 Å². The summed E-state index contributed by atoms with van der Waals surface area (Å²) in [6, 6.07) is 12.1. The summed E-state index contributed by atoms with van der Waals surface area (Å²) in [5.41, 5.74) is 1.93. The van der Waals surface area contributed by atoms with Gasteiger partial charge in [0.1, 0.15) is 5.75 Å². The van der Waals surface area contributed by atoms with Gasteiger partial charge in [-0.3, -0.25) is 4.98 Å². The Labute approximate surface area is 252 Å². The molecule has 2 aromatic carbocycles. The molecule has 12 heteroatoms. The normalized spacial score (nSPS) is 13.4. The van der Waals surface area contributed by atoms with E-state index in [0.717, 1.165) is 36.8 Å². The topological polar surface area (TPSA) is 85.2 Å². The van der Waals surface area contributed by atoms with Crippen molar-refractivity contribution >= 4 is 58.1 Å². The third kappa shape index (κ3) is 6.31. The first-order valence-corrected chi connectivity index (χ1v) is 14.3. The highest BCUT2D eigenvalue weighted by atomic mass is 35.5. The summed E-state index contributed by atoms with van der Waals surface area (Å²) < 4.78 is 7.11. The van der Waals surface area contributed by atoms with Gasteiger partial charge in [0, 0.05) is 41.1 Å². The minimum Gasteiger partial charge on any atom is -0.495 e. The third-order valence-corrected chi connectivity index (χ3v) is 7.95. The predicted octanol–water partition coefficient (Wildman–Crippen LogP) is 8.11. The molecule has 2 aromatic heterocycles. The summed E-state index contributed by atoms with van der Waals surface area (Å²) in [7, 11) is 1.57. The lowest BCUT2D eigenvalue weighted by Crippen LogP contribution is -2.43. The lowest BCUT2D eigenvalue weighted by molar-refractivity contribution is 0.184. The summed E-state index contributed by atoms with van der Waals surface area (Å²) in [6.07, 6.45) is 7.33. The Balaban J connectivity index is 1.45. The van der Waals surface area contributed by atoms with E-state index >= 15 is 0 Å². The van der Waals surface area contributed by atoms with Crippen LogP contribution >= 0.6 is 46.4 Å². The SMILES string of the molecule is COc1ccc(-c2nc(-c3ccncc3)nn2CCN(C(=O)Nc2c(Cl)cc(Cl)cc2Cl)C2CCCC2)cc1Cl. The highest BCUT2D eigenvalue weighted by molar-refractivity contribution is 6.42. The fourth-order valence-corrected chi connectivity index (χ4v) is 6.02. The zero-order chi connectivity index (χ0) is 28.2. The van der Waals surface area contributed by atoms with E-state index in [2.05, 4.69) is 10.3 Å². The maximum atomic E-state index is 13.6. The van der Waals surface area contributed by atoms with Gasteiger partial charge >= 0.3 is 6.03 Å². The molecule has 2 amide bonds. The molecule has 1 saturated carbocycles. The molecule has 1 fully saturated rings. The zero-order valence-corrected chi connectivity index (χ0v) is 24.6. The monoisotopic (exact) mass is 618 g/mol. The number of halogens is 4. The summed E-state index contributed by atoms with van der Waals surface area (Å²) in [5.74, 6) is 1.72. The average Bonchev–Trinajstić information content (AvgIpc) is 3.62. The molecule has 4 aromatic rings. The van der Waals surface area contributed by atoms with Crippen LogP contribution in [0.2, 0.25) is 20.1 Å². The number of ether oxygens (including phenoxy) is 1. The molecule has 208 valence electrons. The third-order valence-electron chi connectivity index (χ3n) is 6.84. The first-order chi connectivity index (χ1) is 19.3.